The van der Waals surface area contributed by atoms with Crippen molar-refractivity contribution in [1.29, 1.82) is 0 Å². The minimum Gasteiger partial charge on any atom is -0.300 e. The van der Waals surface area contributed by atoms with Gasteiger partial charge in [0.1, 0.15) is 5.78 Å². The molecule has 0 aliphatic carbocycles. The Balaban J connectivity index is 2.36. The predicted molar refractivity (Wildman–Crippen MR) is 78.6 cm³/mol. The summed E-state index contributed by atoms with van der Waals surface area (Å²) in [5.74, 6) is 0.674. The lowest BCUT2D eigenvalue weighted by atomic mass is 9.95. The van der Waals surface area contributed by atoms with Crippen molar-refractivity contribution < 1.29 is 4.79 Å². The Morgan fingerprint density at radius 2 is 2.16 bits per heavy atom. The Morgan fingerprint density at radius 1 is 1.42 bits per heavy atom. The van der Waals surface area contributed by atoms with E-state index in [1.807, 2.05) is 16.8 Å². The largest absolute Gasteiger partial charge is 0.300 e. The molecule has 3 nitrogen and oxygen atoms in total. The number of rotatable bonds is 6. The van der Waals surface area contributed by atoms with Gasteiger partial charge in [-0.25, -0.2) is 0 Å². The SMILES string of the molecule is CCn1nc(CC(CCCl)C(C)=O)c2ccccc21. The molecule has 4 heteroatoms. The minimum absolute atomic E-state index is 0.0267. The third-order valence-electron chi connectivity index (χ3n) is 3.51. The smallest absolute Gasteiger partial charge is 0.133 e. The Kier molecular flexibility index (Phi) is 4.59. The van der Waals surface area contributed by atoms with Crippen molar-refractivity contribution in [3.63, 3.8) is 0 Å². The molecule has 1 aromatic carbocycles. The van der Waals surface area contributed by atoms with E-state index >= 15 is 0 Å². The van der Waals surface area contributed by atoms with Crippen LogP contribution in [-0.4, -0.2) is 21.4 Å². The molecule has 0 saturated heterocycles. The molecule has 0 spiro atoms. The molecular weight excluding hydrogens is 260 g/mol. The quantitative estimate of drug-likeness (QED) is 0.759. The van der Waals surface area contributed by atoms with Gasteiger partial charge < -0.3 is 0 Å². The van der Waals surface area contributed by atoms with E-state index in [2.05, 4.69) is 24.2 Å². The number of alkyl halides is 1. The normalized spacial score (nSPS) is 12.8. The number of benzene rings is 1. The van der Waals surface area contributed by atoms with E-state index in [0.717, 1.165) is 23.1 Å². The molecule has 2 aromatic rings. The van der Waals surface area contributed by atoms with E-state index in [1.165, 1.54) is 0 Å². The second-order valence-electron chi connectivity index (χ2n) is 4.77. The first-order chi connectivity index (χ1) is 9.17. The number of nitrogens with zero attached hydrogens (tertiary/aromatic N) is 2. The molecule has 0 aliphatic heterocycles. The topological polar surface area (TPSA) is 34.9 Å². The van der Waals surface area contributed by atoms with Crippen molar-refractivity contribution in [2.45, 2.75) is 33.2 Å². The van der Waals surface area contributed by atoms with Crippen LogP contribution in [-0.2, 0) is 17.8 Å². The van der Waals surface area contributed by atoms with Crippen molar-refractivity contribution in [1.82, 2.24) is 9.78 Å². The number of carbonyl (C=O) groups excluding carboxylic acids is 1. The first-order valence-electron chi connectivity index (χ1n) is 6.68. The summed E-state index contributed by atoms with van der Waals surface area (Å²) in [6, 6.07) is 8.17. The fourth-order valence-electron chi connectivity index (χ4n) is 2.40. The molecule has 0 saturated carbocycles. The highest BCUT2D eigenvalue weighted by atomic mass is 35.5. The fourth-order valence-corrected chi connectivity index (χ4v) is 2.67. The van der Waals surface area contributed by atoms with Crippen molar-refractivity contribution in [3.8, 4) is 0 Å². The number of fused-ring (bicyclic) bond motifs is 1. The molecule has 19 heavy (non-hydrogen) atoms. The van der Waals surface area contributed by atoms with Crippen LogP contribution in [0.2, 0.25) is 0 Å². The summed E-state index contributed by atoms with van der Waals surface area (Å²) in [6.45, 7) is 4.54. The lowest BCUT2D eigenvalue weighted by Gasteiger charge is -2.10. The second-order valence-corrected chi connectivity index (χ2v) is 5.15. The number of para-hydroxylation sites is 1. The number of carbonyl (C=O) groups is 1. The van der Waals surface area contributed by atoms with E-state index in [-0.39, 0.29) is 11.7 Å². The minimum atomic E-state index is -0.0267. The zero-order chi connectivity index (χ0) is 13.8. The number of hydrogen-bond acceptors (Lipinski definition) is 2. The average molecular weight is 279 g/mol. The Hall–Kier alpha value is -1.35. The summed E-state index contributed by atoms with van der Waals surface area (Å²) < 4.78 is 1.99. The van der Waals surface area contributed by atoms with E-state index in [0.29, 0.717) is 18.7 Å². The van der Waals surface area contributed by atoms with Gasteiger partial charge in [0, 0.05) is 30.1 Å². The third kappa shape index (κ3) is 2.98. The summed E-state index contributed by atoms with van der Waals surface area (Å²) in [7, 11) is 0. The fraction of sp³-hybridized carbons (Fsp3) is 0.467. The third-order valence-corrected chi connectivity index (χ3v) is 3.72. The number of aryl methyl sites for hydroxylation is 1. The standard InChI is InChI=1S/C15H19ClN2O/c1-3-18-15-7-5-4-6-13(15)14(17-18)10-12(8-9-16)11(2)19/h4-7,12H,3,8-10H2,1-2H3. The van der Waals surface area contributed by atoms with Gasteiger partial charge >= 0.3 is 0 Å². The summed E-state index contributed by atoms with van der Waals surface area (Å²) in [5.41, 5.74) is 2.14. The number of aromatic nitrogens is 2. The molecule has 0 N–H and O–H groups in total. The van der Waals surface area contributed by atoms with Gasteiger partial charge in [0.05, 0.1) is 11.2 Å². The maximum absolute atomic E-state index is 11.7. The van der Waals surface area contributed by atoms with Gasteiger partial charge in [0.25, 0.3) is 0 Å². The first-order valence-corrected chi connectivity index (χ1v) is 7.21. The van der Waals surface area contributed by atoms with Gasteiger partial charge in [-0.05, 0) is 26.3 Å². The molecule has 1 aromatic heterocycles. The molecule has 102 valence electrons. The molecular formula is C15H19ClN2O. The molecule has 1 unspecified atom stereocenters. The molecule has 0 radical (unpaired) electrons. The molecule has 0 amide bonds. The predicted octanol–water partition coefficient (Wildman–Crippen LogP) is 3.43. The Bertz CT molecular complexity index is 577. The summed E-state index contributed by atoms with van der Waals surface area (Å²) in [6.07, 6.45) is 1.39. The molecule has 0 bridgehead atoms. The van der Waals surface area contributed by atoms with Crippen molar-refractivity contribution >= 4 is 28.3 Å². The number of Topliss-reactive ketones (excluding diaryl/α,β-unsaturated/α-hetero) is 1. The highest BCUT2D eigenvalue weighted by molar-refractivity contribution is 6.18. The number of ketones is 1. The lowest BCUT2D eigenvalue weighted by Crippen LogP contribution is -2.15. The Morgan fingerprint density at radius 3 is 2.79 bits per heavy atom. The van der Waals surface area contributed by atoms with E-state index < -0.39 is 0 Å². The first kappa shape index (κ1) is 14.1. The van der Waals surface area contributed by atoms with E-state index in [9.17, 15) is 4.79 Å². The van der Waals surface area contributed by atoms with Crippen LogP contribution in [0.15, 0.2) is 24.3 Å². The number of hydrogen-bond donors (Lipinski definition) is 0. The van der Waals surface area contributed by atoms with Crippen molar-refractivity contribution in [3.05, 3.63) is 30.0 Å². The zero-order valence-electron chi connectivity index (χ0n) is 11.4. The van der Waals surface area contributed by atoms with Gasteiger partial charge in [0.2, 0.25) is 0 Å². The van der Waals surface area contributed by atoms with Gasteiger partial charge in [0.15, 0.2) is 0 Å². The second kappa shape index (κ2) is 6.20. The van der Waals surface area contributed by atoms with E-state index in [1.54, 1.807) is 6.92 Å². The molecule has 1 heterocycles. The van der Waals surface area contributed by atoms with Crippen LogP contribution in [0.25, 0.3) is 10.9 Å². The van der Waals surface area contributed by atoms with Gasteiger partial charge in [-0.1, -0.05) is 18.2 Å². The van der Waals surface area contributed by atoms with Crippen LogP contribution in [0.5, 0.6) is 0 Å². The van der Waals surface area contributed by atoms with Crippen LogP contribution >= 0.6 is 11.6 Å². The summed E-state index contributed by atoms with van der Waals surface area (Å²) in [4.78, 5) is 11.7. The summed E-state index contributed by atoms with van der Waals surface area (Å²) in [5, 5.41) is 5.78. The van der Waals surface area contributed by atoms with Crippen LogP contribution in [0.4, 0.5) is 0 Å². The van der Waals surface area contributed by atoms with Gasteiger partial charge in [-0.3, -0.25) is 9.48 Å². The van der Waals surface area contributed by atoms with Gasteiger partial charge in [-0.15, -0.1) is 11.6 Å². The Labute approximate surface area is 118 Å². The highest BCUT2D eigenvalue weighted by Gasteiger charge is 2.18. The summed E-state index contributed by atoms with van der Waals surface area (Å²) >= 11 is 5.78. The van der Waals surface area contributed by atoms with Crippen LogP contribution in [0, 0.1) is 5.92 Å². The molecule has 2 rings (SSSR count). The van der Waals surface area contributed by atoms with Gasteiger partial charge in [-0.2, -0.15) is 5.10 Å². The monoisotopic (exact) mass is 278 g/mol. The van der Waals surface area contributed by atoms with Crippen molar-refractivity contribution in [2.24, 2.45) is 5.92 Å². The molecule has 0 aliphatic rings. The van der Waals surface area contributed by atoms with Crippen LogP contribution in [0.1, 0.15) is 26.0 Å². The maximum atomic E-state index is 11.7. The van der Waals surface area contributed by atoms with E-state index in [4.69, 9.17) is 11.6 Å². The molecule has 0 fully saturated rings. The average Bonchev–Trinajstić information content (AvgIpc) is 2.76. The maximum Gasteiger partial charge on any atom is 0.133 e. The van der Waals surface area contributed by atoms with Crippen molar-refractivity contribution in [2.75, 3.05) is 5.88 Å². The van der Waals surface area contributed by atoms with Crippen LogP contribution < -0.4 is 0 Å². The van der Waals surface area contributed by atoms with Crippen LogP contribution in [0.3, 0.4) is 0 Å². The highest BCUT2D eigenvalue weighted by Crippen LogP contribution is 2.22. The number of halogens is 1. The lowest BCUT2D eigenvalue weighted by molar-refractivity contribution is -0.120. The zero-order valence-corrected chi connectivity index (χ0v) is 12.2. The molecule has 1 atom stereocenters.